The summed E-state index contributed by atoms with van der Waals surface area (Å²) in [7, 11) is 1.72. The molecular weight excluding hydrogens is 202 g/mol. The minimum atomic E-state index is 0.659. The summed E-state index contributed by atoms with van der Waals surface area (Å²) in [6.45, 7) is 5.66. The third-order valence-electron chi connectivity index (χ3n) is 3.22. The van der Waals surface area contributed by atoms with Crippen molar-refractivity contribution in [3.8, 4) is 0 Å². The van der Waals surface area contributed by atoms with Crippen LogP contribution in [-0.2, 0) is 0 Å². The number of nitrogens with one attached hydrogen (secondary N) is 2. The number of hydrogen-bond acceptors (Lipinski definition) is 3. The summed E-state index contributed by atoms with van der Waals surface area (Å²) >= 11 is 0. The number of hydrazine groups is 1. The molecule has 0 aromatic heterocycles. The lowest BCUT2D eigenvalue weighted by Gasteiger charge is -2.33. The Morgan fingerprint density at radius 1 is 1.50 bits per heavy atom. The van der Waals surface area contributed by atoms with Crippen LogP contribution in [0.25, 0.3) is 0 Å². The second-order valence-corrected chi connectivity index (χ2v) is 4.38. The lowest BCUT2D eigenvalue weighted by molar-refractivity contribution is 0.159. The molecule has 0 spiro atoms. The predicted molar refractivity (Wildman–Crippen MR) is 68.2 cm³/mol. The van der Waals surface area contributed by atoms with E-state index in [1.165, 1.54) is 25.8 Å². The Labute approximate surface area is 98.4 Å². The van der Waals surface area contributed by atoms with Crippen LogP contribution < -0.4 is 16.6 Å². The number of nitrogens with two attached hydrogens (primary N) is 1. The van der Waals surface area contributed by atoms with Gasteiger partial charge in [0.25, 0.3) is 0 Å². The van der Waals surface area contributed by atoms with Crippen molar-refractivity contribution in [1.29, 1.82) is 0 Å². The maximum absolute atomic E-state index is 5.28. The number of guanidine groups is 1. The minimum Gasteiger partial charge on any atom is -0.355 e. The first-order valence-corrected chi connectivity index (χ1v) is 6.19. The molecule has 1 aliphatic heterocycles. The highest BCUT2D eigenvalue weighted by Crippen LogP contribution is 2.15. The quantitative estimate of drug-likeness (QED) is 0.212. The molecule has 0 radical (unpaired) electrons. The van der Waals surface area contributed by atoms with Crippen LogP contribution in [0.4, 0.5) is 0 Å². The first kappa shape index (κ1) is 13.3. The Bertz CT molecular complexity index is 216. The first-order valence-electron chi connectivity index (χ1n) is 6.19. The van der Waals surface area contributed by atoms with Crippen LogP contribution in [0.1, 0.15) is 32.6 Å². The Hall–Kier alpha value is -0.810. The molecular formula is C11H25N5. The number of aliphatic imine (C=N–C) groups is 1. The highest BCUT2D eigenvalue weighted by Gasteiger charge is 2.16. The van der Waals surface area contributed by atoms with Gasteiger partial charge in [-0.3, -0.25) is 10.4 Å². The lowest BCUT2D eigenvalue weighted by atomic mass is 10.0. The van der Waals surface area contributed by atoms with Crippen molar-refractivity contribution in [2.75, 3.05) is 26.7 Å². The van der Waals surface area contributed by atoms with Gasteiger partial charge in [0.05, 0.1) is 0 Å². The van der Waals surface area contributed by atoms with Crippen molar-refractivity contribution in [3.63, 3.8) is 0 Å². The maximum Gasteiger partial charge on any atom is 0.205 e. The molecule has 0 bridgehead atoms. The van der Waals surface area contributed by atoms with Gasteiger partial charge in [-0.2, -0.15) is 0 Å². The van der Waals surface area contributed by atoms with E-state index in [1.807, 2.05) is 0 Å². The lowest BCUT2D eigenvalue weighted by Crippen LogP contribution is -2.43. The van der Waals surface area contributed by atoms with Gasteiger partial charge in [0.1, 0.15) is 0 Å². The fourth-order valence-electron chi connectivity index (χ4n) is 2.17. The smallest absolute Gasteiger partial charge is 0.205 e. The van der Waals surface area contributed by atoms with Crippen LogP contribution in [0.15, 0.2) is 4.99 Å². The second kappa shape index (κ2) is 7.46. The molecule has 0 saturated carbocycles. The molecule has 94 valence electrons. The number of likely N-dealkylation sites (tertiary alicyclic amines) is 1. The molecule has 0 aliphatic carbocycles. The zero-order valence-corrected chi connectivity index (χ0v) is 10.5. The molecule has 4 N–H and O–H groups in total. The molecule has 0 aromatic carbocycles. The number of nitrogens with zero attached hydrogens (tertiary/aromatic N) is 2. The summed E-state index contributed by atoms with van der Waals surface area (Å²) in [4.78, 5) is 6.53. The molecule has 1 unspecified atom stereocenters. The van der Waals surface area contributed by atoms with E-state index in [0.29, 0.717) is 5.96 Å². The van der Waals surface area contributed by atoms with E-state index in [9.17, 15) is 0 Å². The Balaban J connectivity index is 2.10. The standard InChI is InChI=1S/C11H25N5/c1-10-6-3-4-8-16(10)9-5-7-14-11(13-2)15-12/h10H,3-9,12H2,1-2H3,(H2,13,14,15). The van der Waals surface area contributed by atoms with Crippen LogP contribution in [0.5, 0.6) is 0 Å². The van der Waals surface area contributed by atoms with E-state index in [4.69, 9.17) is 5.84 Å². The van der Waals surface area contributed by atoms with E-state index in [0.717, 1.165) is 25.6 Å². The van der Waals surface area contributed by atoms with Gasteiger partial charge in [0.2, 0.25) is 5.96 Å². The third kappa shape index (κ3) is 4.37. The summed E-state index contributed by atoms with van der Waals surface area (Å²) < 4.78 is 0. The molecule has 1 fully saturated rings. The van der Waals surface area contributed by atoms with Crippen molar-refractivity contribution >= 4 is 5.96 Å². The molecule has 1 heterocycles. The number of piperidine rings is 1. The summed E-state index contributed by atoms with van der Waals surface area (Å²) in [5.74, 6) is 5.94. The van der Waals surface area contributed by atoms with Gasteiger partial charge in [0, 0.05) is 26.2 Å². The van der Waals surface area contributed by atoms with Crippen molar-refractivity contribution < 1.29 is 0 Å². The topological polar surface area (TPSA) is 65.7 Å². The Morgan fingerprint density at radius 3 is 2.94 bits per heavy atom. The fraction of sp³-hybridized carbons (Fsp3) is 0.909. The zero-order chi connectivity index (χ0) is 11.8. The van der Waals surface area contributed by atoms with Gasteiger partial charge in [-0.1, -0.05) is 6.42 Å². The fourth-order valence-corrected chi connectivity index (χ4v) is 2.17. The molecule has 0 amide bonds. The molecule has 16 heavy (non-hydrogen) atoms. The van der Waals surface area contributed by atoms with Gasteiger partial charge in [-0.15, -0.1) is 0 Å². The van der Waals surface area contributed by atoms with Crippen LogP contribution in [0, 0.1) is 0 Å². The van der Waals surface area contributed by atoms with Gasteiger partial charge >= 0.3 is 0 Å². The highest BCUT2D eigenvalue weighted by molar-refractivity contribution is 5.78. The molecule has 5 heteroatoms. The molecule has 1 atom stereocenters. The normalized spacial score (nSPS) is 23.2. The molecule has 1 aliphatic rings. The summed E-state index contributed by atoms with van der Waals surface area (Å²) in [6.07, 6.45) is 5.22. The minimum absolute atomic E-state index is 0.659. The van der Waals surface area contributed by atoms with Crippen molar-refractivity contribution in [3.05, 3.63) is 0 Å². The maximum atomic E-state index is 5.28. The first-order chi connectivity index (χ1) is 7.77. The Morgan fingerprint density at radius 2 is 2.31 bits per heavy atom. The van der Waals surface area contributed by atoms with Crippen LogP contribution in [0.2, 0.25) is 0 Å². The van der Waals surface area contributed by atoms with Gasteiger partial charge in [-0.05, 0) is 32.7 Å². The molecule has 0 aromatic rings. The third-order valence-corrected chi connectivity index (χ3v) is 3.22. The van der Waals surface area contributed by atoms with Gasteiger partial charge < -0.3 is 10.2 Å². The average Bonchev–Trinajstić information content (AvgIpc) is 2.31. The van der Waals surface area contributed by atoms with E-state index >= 15 is 0 Å². The summed E-state index contributed by atoms with van der Waals surface area (Å²) in [6, 6.07) is 0.751. The van der Waals surface area contributed by atoms with Crippen molar-refractivity contribution in [1.82, 2.24) is 15.6 Å². The van der Waals surface area contributed by atoms with E-state index in [-0.39, 0.29) is 0 Å². The van der Waals surface area contributed by atoms with Crippen LogP contribution >= 0.6 is 0 Å². The van der Waals surface area contributed by atoms with Gasteiger partial charge in [-0.25, -0.2) is 5.84 Å². The van der Waals surface area contributed by atoms with E-state index in [1.54, 1.807) is 7.05 Å². The van der Waals surface area contributed by atoms with Crippen LogP contribution in [-0.4, -0.2) is 43.6 Å². The average molecular weight is 227 g/mol. The zero-order valence-electron chi connectivity index (χ0n) is 10.5. The predicted octanol–water partition coefficient (Wildman–Crippen LogP) is 0.290. The van der Waals surface area contributed by atoms with E-state index in [2.05, 4.69) is 27.6 Å². The van der Waals surface area contributed by atoms with E-state index < -0.39 is 0 Å². The van der Waals surface area contributed by atoms with Crippen molar-refractivity contribution in [2.24, 2.45) is 10.8 Å². The molecule has 1 rings (SSSR count). The highest BCUT2D eigenvalue weighted by atomic mass is 15.3. The van der Waals surface area contributed by atoms with Crippen molar-refractivity contribution in [2.45, 2.75) is 38.6 Å². The number of hydrogen-bond donors (Lipinski definition) is 3. The summed E-state index contributed by atoms with van der Waals surface area (Å²) in [5.41, 5.74) is 2.52. The summed E-state index contributed by atoms with van der Waals surface area (Å²) in [5, 5.41) is 3.16. The van der Waals surface area contributed by atoms with Crippen LogP contribution in [0.3, 0.4) is 0 Å². The molecule has 5 nitrogen and oxygen atoms in total. The largest absolute Gasteiger partial charge is 0.355 e. The number of rotatable bonds is 4. The SMILES string of the molecule is CN=C(NN)NCCCN1CCCCC1C. The monoisotopic (exact) mass is 227 g/mol. The second-order valence-electron chi connectivity index (χ2n) is 4.38. The van der Waals surface area contributed by atoms with Gasteiger partial charge in [0.15, 0.2) is 0 Å². The molecule has 1 saturated heterocycles. The Kier molecular flexibility index (Phi) is 6.18.